The fraction of sp³-hybridized carbons (Fsp3) is 0.244. The molecule has 66 heavy (non-hydrogen) atoms. The lowest BCUT2D eigenvalue weighted by Crippen LogP contribution is -2.34. The van der Waals surface area contributed by atoms with Crippen LogP contribution in [-0.4, -0.2) is 93.1 Å². The minimum Gasteiger partial charge on any atom is -0.461 e. The van der Waals surface area contributed by atoms with Crippen LogP contribution in [-0.2, 0) is 9.47 Å². The van der Waals surface area contributed by atoms with E-state index in [9.17, 15) is 24.0 Å². The van der Waals surface area contributed by atoms with E-state index in [0.717, 1.165) is 61.4 Å². The van der Waals surface area contributed by atoms with Crippen LogP contribution in [0.4, 0.5) is 32.3 Å². The summed E-state index contributed by atoms with van der Waals surface area (Å²) >= 11 is 14.4. The summed E-state index contributed by atoms with van der Waals surface area (Å²) in [4.78, 5) is 70.0. The topological polar surface area (TPSA) is 188 Å². The molecule has 3 aliphatic heterocycles. The number of anilines is 4. The van der Waals surface area contributed by atoms with Gasteiger partial charge in [-0.25, -0.2) is 9.59 Å². The smallest absolute Gasteiger partial charge is 0.414 e. The van der Waals surface area contributed by atoms with Crippen LogP contribution < -0.4 is 30.7 Å². The third kappa shape index (κ3) is 12.7. The molecule has 6 aromatic rings. The lowest BCUT2D eigenvalue weighted by molar-refractivity contribution is 0.0915. The summed E-state index contributed by atoms with van der Waals surface area (Å²) in [7, 11) is 0. The number of benzene rings is 2. The van der Waals surface area contributed by atoms with E-state index in [4.69, 9.17) is 25.5 Å². The van der Waals surface area contributed by atoms with Gasteiger partial charge in [-0.05, 0) is 147 Å². The number of hydrogen-bond donors (Lipinski definition) is 3. The Morgan fingerprint density at radius 1 is 0.712 bits per heavy atom. The van der Waals surface area contributed by atoms with E-state index in [1.807, 2.05) is 72.8 Å². The number of cyclic esters (lactones) is 2. The minimum absolute atomic E-state index is 0.165. The van der Waals surface area contributed by atoms with Gasteiger partial charge in [0.15, 0.2) is 17.4 Å². The molecule has 0 unspecified atom stereocenters. The summed E-state index contributed by atoms with van der Waals surface area (Å²) in [5.41, 5.74) is 3.52. The van der Waals surface area contributed by atoms with Gasteiger partial charge < -0.3 is 39.2 Å². The van der Waals surface area contributed by atoms with Crippen molar-refractivity contribution in [3.05, 3.63) is 138 Å². The molecule has 0 bridgehead atoms. The average molecular weight is 1080 g/mol. The first kappa shape index (κ1) is 48.0. The Bertz CT molecular complexity index is 2620. The predicted octanol–water partition coefficient (Wildman–Crippen LogP) is 9.87. The number of nitrogens with zero attached hydrogens (tertiary/aromatic N) is 4. The SMILES string of the molecule is CCCNc1ccc(N2C[C@H](CNC(=O)c3ccc(Br)s3)OC2=O)cc1.O=C(Cl)c1ccco1.O=C(NC[C@H]1CN(c2ccc(N3CCN=C3c3ccco3)cc2)C(=O)O1)c1ccc(Br)s1. The standard InChI is InChI=1S/C22H19BrN4O4S.C18H20BrN3O3S.C5H3ClO2/c23-19-8-7-18(32-19)21(28)25-12-16-13-27(22(29)31-16)15-5-3-14(4-6-15)26-10-9-24-20(26)17-2-1-11-30-17;1-2-9-20-12-3-5-13(6-4-12)22-11-14(25-18(22)24)10-21-17(23)15-7-8-16(19)26-15;6-5(7)4-2-1-3-8-4/h1-8,11,16H,9-10,12-13H2,(H,25,28);3-8,14,20H,2,9-11H2,1H3,(H,21,23);1-3H/t16-;14-;/m00./s1. The van der Waals surface area contributed by atoms with Crippen molar-refractivity contribution in [1.29, 1.82) is 0 Å². The normalized spacial score (nSPS) is 16.4. The second-order valence-corrected chi connectivity index (χ2v) is 19.7. The summed E-state index contributed by atoms with van der Waals surface area (Å²) in [5, 5.41) is 8.38. The van der Waals surface area contributed by atoms with Crippen LogP contribution >= 0.6 is 66.1 Å². The molecule has 2 fully saturated rings. The molecule has 4 aromatic heterocycles. The van der Waals surface area contributed by atoms with Crippen molar-refractivity contribution >= 4 is 124 Å². The number of aliphatic imine (C=N–C) groups is 1. The van der Waals surface area contributed by atoms with E-state index >= 15 is 0 Å². The number of furan rings is 2. The molecule has 2 saturated heterocycles. The van der Waals surface area contributed by atoms with Gasteiger partial charge >= 0.3 is 12.2 Å². The van der Waals surface area contributed by atoms with Gasteiger partial charge in [0, 0.05) is 35.8 Å². The van der Waals surface area contributed by atoms with Crippen molar-refractivity contribution in [3.63, 3.8) is 0 Å². The molecule has 0 aliphatic carbocycles. The van der Waals surface area contributed by atoms with Crippen LogP contribution in [0.5, 0.6) is 0 Å². The van der Waals surface area contributed by atoms with Gasteiger partial charge in [-0.15, -0.1) is 22.7 Å². The number of nitrogens with one attached hydrogen (secondary N) is 3. The van der Waals surface area contributed by atoms with Crippen LogP contribution in [0.3, 0.4) is 0 Å². The third-order valence-electron chi connectivity index (χ3n) is 9.85. The van der Waals surface area contributed by atoms with Crippen molar-refractivity contribution in [1.82, 2.24) is 10.6 Å². The third-order valence-corrected chi connectivity index (χ3v) is 13.3. The Labute approximate surface area is 409 Å². The number of rotatable bonds is 14. The molecule has 0 saturated carbocycles. The van der Waals surface area contributed by atoms with Gasteiger partial charge in [0.1, 0.15) is 12.2 Å². The van der Waals surface area contributed by atoms with Gasteiger partial charge in [-0.3, -0.25) is 29.2 Å². The highest BCUT2D eigenvalue weighted by Crippen LogP contribution is 2.29. The van der Waals surface area contributed by atoms with Crippen LogP contribution in [0.25, 0.3) is 0 Å². The monoisotopic (exact) mass is 1080 g/mol. The molecule has 3 N–H and O–H groups in total. The number of amidine groups is 1. The number of carbonyl (C=O) groups is 5. The average Bonchev–Trinajstić information content (AvgIpc) is 4.18. The quantitative estimate of drug-likeness (QED) is 0.0881. The highest BCUT2D eigenvalue weighted by atomic mass is 79.9. The lowest BCUT2D eigenvalue weighted by Gasteiger charge is -2.20. The molecule has 21 heteroatoms. The summed E-state index contributed by atoms with van der Waals surface area (Å²) in [5.74, 6) is 1.37. The molecule has 3 aliphatic rings. The van der Waals surface area contributed by atoms with Crippen molar-refractivity contribution in [3.8, 4) is 0 Å². The minimum atomic E-state index is -0.560. The maximum absolute atomic E-state index is 12.4. The zero-order chi connectivity index (χ0) is 46.6. The number of halogens is 3. The van der Waals surface area contributed by atoms with Crippen LogP contribution in [0.2, 0.25) is 0 Å². The second-order valence-electron chi connectivity index (χ2n) is 14.4. The number of hydrogen-bond acceptors (Lipinski definition) is 14. The number of carbonyl (C=O) groups excluding carboxylic acids is 5. The fourth-order valence-corrected chi connectivity index (χ4v) is 9.40. The van der Waals surface area contributed by atoms with Gasteiger partial charge in [-0.2, -0.15) is 0 Å². The van der Waals surface area contributed by atoms with Gasteiger partial charge in [0.05, 0.1) is 62.6 Å². The highest BCUT2D eigenvalue weighted by molar-refractivity contribution is 9.11. The van der Waals surface area contributed by atoms with E-state index in [2.05, 4.69) is 69.0 Å². The van der Waals surface area contributed by atoms with E-state index in [1.54, 1.807) is 34.3 Å². The van der Waals surface area contributed by atoms with Gasteiger partial charge in [0.2, 0.25) is 0 Å². The zero-order valence-corrected chi connectivity index (χ0v) is 40.7. The van der Waals surface area contributed by atoms with Gasteiger partial charge in [0.25, 0.3) is 17.1 Å². The first-order chi connectivity index (χ1) is 31.9. The van der Waals surface area contributed by atoms with Gasteiger partial charge in [-0.1, -0.05) is 6.92 Å². The van der Waals surface area contributed by atoms with E-state index < -0.39 is 23.5 Å². The van der Waals surface area contributed by atoms with Crippen LogP contribution in [0.15, 0.2) is 131 Å². The Morgan fingerprint density at radius 3 is 1.67 bits per heavy atom. The molecular weight excluding hydrogens is 1040 g/mol. The van der Waals surface area contributed by atoms with E-state index in [1.165, 1.54) is 35.0 Å². The number of thiophene rings is 2. The predicted molar refractivity (Wildman–Crippen MR) is 262 cm³/mol. The molecule has 7 heterocycles. The van der Waals surface area contributed by atoms with Crippen LogP contribution in [0.1, 0.15) is 49.0 Å². The van der Waals surface area contributed by atoms with Crippen LogP contribution in [0, 0.1) is 0 Å². The molecular formula is C45H42Br2ClN7O9S2. The lowest BCUT2D eigenvalue weighted by atomic mass is 10.2. The second kappa shape index (κ2) is 23.0. The molecule has 344 valence electrons. The number of ether oxygens (including phenoxy) is 2. The Hall–Kier alpha value is -5.93. The van der Waals surface area contributed by atoms with Crippen molar-refractivity contribution in [2.24, 2.45) is 4.99 Å². The van der Waals surface area contributed by atoms with E-state index in [-0.39, 0.29) is 36.8 Å². The summed E-state index contributed by atoms with van der Waals surface area (Å²) < 4.78 is 22.7. The Balaban J connectivity index is 0.000000171. The Kier molecular flexibility index (Phi) is 16.7. The zero-order valence-electron chi connectivity index (χ0n) is 35.1. The number of amides is 4. The Morgan fingerprint density at radius 2 is 1.23 bits per heavy atom. The molecule has 16 nitrogen and oxygen atoms in total. The summed E-state index contributed by atoms with van der Waals surface area (Å²) in [6.07, 6.45) is 2.49. The highest BCUT2D eigenvalue weighted by Gasteiger charge is 2.34. The molecule has 2 aromatic carbocycles. The van der Waals surface area contributed by atoms with E-state index in [0.29, 0.717) is 29.4 Å². The van der Waals surface area contributed by atoms with Crippen molar-refractivity contribution < 1.29 is 42.3 Å². The fourth-order valence-electron chi connectivity index (χ4n) is 6.68. The largest absolute Gasteiger partial charge is 0.461 e. The molecule has 4 amide bonds. The molecule has 0 radical (unpaired) electrons. The maximum atomic E-state index is 12.4. The summed E-state index contributed by atoms with van der Waals surface area (Å²) in [6.45, 7) is 5.81. The van der Waals surface area contributed by atoms with Crippen molar-refractivity contribution in [2.45, 2.75) is 25.6 Å². The maximum Gasteiger partial charge on any atom is 0.414 e. The first-order valence-electron chi connectivity index (χ1n) is 20.5. The molecule has 9 rings (SSSR count). The molecule has 2 atom stereocenters. The first-order valence-corrected chi connectivity index (χ1v) is 24.1. The van der Waals surface area contributed by atoms with Crippen molar-refractivity contribution in [2.75, 3.05) is 65.8 Å². The summed E-state index contributed by atoms with van der Waals surface area (Å²) in [6, 6.07) is 29.4. The molecule has 0 spiro atoms.